The number of nitrogens with zero attached hydrogens (tertiary/aromatic N) is 3. The predicted octanol–water partition coefficient (Wildman–Crippen LogP) is 2.84. The van der Waals surface area contributed by atoms with Crippen LogP contribution >= 0.6 is 11.6 Å². The first-order valence-electron chi connectivity index (χ1n) is 6.19. The fraction of sp³-hybridized carbons (Fsp3) is 0.286. The highest BCUT2D eigenvalue weighted by Crippen LogP contribution is 2.25. The van der Waals surface area contributed by atoms with E-state index < -0.39 is 0 Å². The number of aromatic nitrogens is 2. The Morgan fingerprint density at radius 3 is 2.95 bits per heavy atom. The van der Waals surface area contributed by atoms with Gasteiger partial charge in [0, 0.05) is 18.2 Å². The van der Waals surface area contributed by atoms with Crippen molar-refractivity contribution in [1.82, 2.24) is 9.97 Å². The van der Waals surface area contributed by atoms with Crippen molar-refractivity contribution in [3.8, 4) is 5.75 Å². The number of aryl methyl sites for hydroxylation is 1. The van der Waals surface area contributed by atoms with E-state index in [0.717, 1.165) is 30.2 Å². The van der Waals surface area contributed by atoms with Crippen molar-refractivity contribution in [2.24, 2.45) is 0 Å². The third-order valence-electron chi connectivity index (χ3n) is 3.07. The molecule has 2 aromatic rings. The van der Waals surface area contributed by atoms with E-state index in [-0.39, 0.29) is 0 Å². The zero-order valence-electron chi connectivity index (χ0n) is 10.6. The number of anilines is 1. The number of benzene rings is 1. The molecular formula is C14H14ClN3O. The highest BCUT2D eigenvalue weighted by molar-refractivity contribution is 6.29. The fourth-order valence-electron chi connectivity index (χ4n) is 2.20. The van der Waals surface area contributed by atoms with Gasteiger partial charge in [-0.1, -0.05) is 29.8 Å². The molecule has 0 radical (unpaired) electrons. The van der Waals surface area contributed by atoms with Crippen LogP contribution in [0.4, 0.5) is 5.82 Å². The number of hydrogen-bond donors (Lipinski definition) is 0. The molecule has 0 saturated carbocycles. The fourth-order valence-corrected chi connectivity index (χ4v) is 2.42. The van der Waals surface area contributed by atoms with E-state index in [1.165, 1.54) is 0 Å². The van der Waals surface area contributed by atoms with Gasteiger partial charge in [0.05, 0.1) is 6.54 Å². The van der Waals surface area contributed by atoms with Crippen LogP contribution in [0.25, 0.3) is 0 Å². The average molecular weight is 276 g/mol. The Kier molecular flexibility index (Phi) is 3.25. The first kappa shape index (κ1) is 12.2. The maximum absolute atomic E-state index is 6.00. The van der Waals surface area contributed by atoms with Crippen molar-refractivity contribution in [2.45, 2.75) is 13.5 Å². The van der Waals surface area contributed by atoms with Gasteiger partial charge in [-0.2, -0.15) is 0 Å². The minimum atomic E-state index is 0.473. The molecule has 0 atom stereocenters. The lowest BCUT2D eigenvalue weighted by Gasteiger charge is -2.21. The molecule has 3 rings (SSSR count). The normalized spacial score (nSPS) is 14.5. The number of ether oxygens (including phenoxy) is 1. The molecule has 4 nitrogen and oxygen atoms in total. The molecule has 5 heteroatoms. The molecule has 1 aliphatic rings. The van der Waals surface area contributed by atoms with Crippen LogP contribution in [0.1, 0.15) is 11.4 Å². The Balaban J connectivity index is 1.94. The van der Waals surface area contributed by atoms with Gasteiger partial charge in [-0.05, 0) is 13.0 Å². The highest BCUT2D eigenvalue weighted by atomic mass is 35.5. The summed E-state index contributed by atoms with van der Waals surface area (Å²) in [6, 6.07) is 9.87. The van der Waals surface area contributed by atoms with E-state index >= 15 is 0 Å². The summed E-state index contributed by atoms with van der Waals surface area (Å²) in [6.45, 7) is 4.03. The molecule has 98 valence electrons. The van der Waals surface area contributed by atoms with Crippen LogP contribution in [0.3, 0.4) is 0 Å². The van der Waals surface area contributed by atoms with E-state index in [0.29, 0.717) is 17.6 Å². The second-order valence-corrected chi connectivity index (χ2v) is 4.86. The number of para-hydroxylation sites is 1. The first-order chi connectivity index (χ1) is 9.22. The van der Waals surface area contributed by atoms with Crippen LogP contribution in [-0.2, 0) is 6.54 Å². The molecule has 0 saturated heterocycles. The smallest absolute Gasteiger partial charge is 0.134 e. The zero-order chi connectivity index (χ0) is 13.2. The quantitative estimate of drug-likeness (QED) is 0.750. The van der Waals surface area contributed by atoms with Gasteiger partial charge in [0.15, 0.2) is 0 Å². The van der Waals surface area contributed by atoms with Gasteiger partial charge in [-0.15, -0.1) is 0 Å². The number of fused-ring (bicyclic) bond motifs is 1. The van der Waals surface area contributed by atoms with Gasteiger partial charge in [-0.25, -0.2) is 9.97 Å². The van der Waals surface area contributed by atoms with Crippen LogP contribution in [0.2, 0.25) is 5.15 Å². The van der Waals surface area contributed by atoms with Crippen molar-refractivity contribution < 1.29 is 4.74 Å². The van der Waals surface area contributed by atoms with E-state index in [1.807, 2.05) is 25.1 Å². The van der Waals surface area contributed by atoms with Gasteiger partial charge in [0.2, 0.25) is 0 Å². The van der Waals surface area contributed by atoms with Crippen molar-refractivity contribution in [1.29, 1.82) is 0 Å². The highest BCUT2D eigenvalue weighted by Gasteiger charge is 2.17. The standard InChI is InChI=1S/C14H14ClN3O/c1-10-16-13(15)8-14(17-10)18-6-7-19-12-5-3-2-4-11(12)9-18/h2-5,8H,6-7,9H2,1H3. The van der Waals surface area contributed by atoms with Crippen LogP contribution in [0.5, 0.6) is 5.75 Å². The predicted molar refractivity (Wildman–Crippen MR) is 74.8 cm³/mol. The Labute approximate surface area is 117 Å². The lowest BCUT2D eigenvalue weighted by atomic mass is 10.2. The SMILES string of the molecule is Cc1nc(Cl)cc(N2CCOc3ccccc3C2)n1. The summed E-state index contributed by atoms with van der Waals surface area (Å²) in [7, 11) is 0. The maximum Gasteiger partial charge on any atom is 0.134 e. The largest absolute Gasteiger partial charge is 0.491 e. The van der Waals surface area contributed by atoms with Crippen molar-refractivity contribution in [3.63, 3.8) is 0 Å². The molecule has 0 aliphatic carbocycles. The lowest BCUT2D eigenvalue weighted by molar-refractivity contribution is 0.331. The van der Waals surface area contributed by atoms with Crippen molar-refractivity contribution in [2.75, 3.05) is 18.1 Å². The summed E-state index contributed by atoms with van der Waals surface area (Å²) < 4.78 is 5.74. The monoisotopic (exact) mass is 275 g/mol. The van der Waals surface area contributed by atoms with Crippen LogP contribution in [-0.4, -0.2) is 23.1 Å². The molecule has 19 heavy (non-hydrogen) atoms. The van der Waals surface area contributed by atoms with E-state index in [9.17, 15) is 0 Å². The van der Waals surface area contributed by atoms with Gasteiger partial charge in [0.1, 0.15) is 29.2 Å². The number of halogens is 1. The van der Waals surface area contributed by atoms with Gasteiger partial charge in [-0.3, -0.25) is 0 Å². The van der Waals surface area contributed by atoms with Gasteiger partial charge < -0.3 is 9.64 Å². The van der Waals surface area contributed by atoms with Gasteiger partial charge in [0.25, 0.3) is 0 Å². The third-order valence-corrected chi connectivity index (χ3v) is 3.26. The third kappa shape index (κ3) is 2.63. The summed E-state index contributed by atoms with van der Waals surface area (Å²) in [4.78, 5) is 10.7. The molecule has 1 aromatic heterocycles. The van der Waals surface area contributed by atoms with E-state index in [1.54, 1.807) is 6.07 Å². The zero-order valence-corrected chi connectivity index (χ0v) is 11.4. The Bertz CT molecular complexity index is 583. The summed E-state index contributed by atoms with van der Waals surface area (Å²) >= 11 is 6.00. The van der Waals surface area contributed by atoms with E-state index in [2.05, 4.69) is 20.9 Å². The summed E-state index contributed by atoms with van der Waals surface area (Å²) in [6.07, 6.45) is 0. The van der Waals surface area contributed by atoms with Crippen molar-refractivity contribution >= 4 is 17.4 Å². The molecule has 0 unspecified atom stereocenters. The number of hydrogen-bond acceptors (Lipinski definition) is 4. The molecule has 1 aliphatic heterocycles. The first-order valence-corrected chi connectivity index (χ1v) is 6.57. The maximum atomic E-state index is 6.00. The molecule has 0 amide bonds. The molecule has 0 N–H and O–H groups in total. The molecular weight excluding hydrogens is 262 g/mol. The minimum Gasteiger partial charge on any atom is -0.491 e. The van der Waals surface area contributed by atoms with Crippen LogP contribution < -0.4 is 9.64 Å². The summed E-state index contributed by atoms with van der Waals surface area (Å²) in [5.41, 5.74) is 1.16. The molecule has 0 spiro atoms. The van der Waals surface area contributed by atoms with Crippen LogP contribution in [0, 0.1) is 6.92 Å². The van der Waals surface area contributed by atoms with E-state index in [4.69, 9.17) is 16.3 Å². The topological polar surface area (TPSA) is 38.2 Å². The summed E-state index contributed by atoms with van der Waals surface area (Å²) in [5.74, 6) is 2.47. The van der Waals surface area contributed by atoms with Crippen molar-refractivity contribution in [3.05, 3.63) is 46.9 Å². The molecule has 2 heterocycles. The van der Waals surface area contributed by atoms with Gasteiger partial charge >= 0.3 is 0 Å². The molecule has 1 aromatic carbocycles. The Morgan fingerprint density at radius 2 is 2.11 bits per heavy atom. The average Bonchev–Trinajstić information content (AvgIpc) is 2.59. The number of rotatable bonds is 1. The Hall–Kier alpha value is -1.81. The van der Waals surface area contributed by atoms with Crippen LogP contribution in [0.15, 0.2) is 30.3 Å². The minimum absolute atomic E-state index is 0.473. The molecule has 0 bridgehead atoms. The Morgan fingerprint density at radius 1 is 1.26 bits per heavy atom. The lowest BCUT2D eigenvalue weighted by Crippen LogP contribution is -2.26. The molecule has 0 fully saturated rings. The second-order valence-electron chi connectivity index (χ2n) is 4.47. The summed E-state index contributed by atoms with van der Waals surface area (Å²) in [5, 5.41) is 0.473. The second kappa shape index (κ2) is 5.05.